The van der Waals surface area contributed by atoms with Gasteiger partial charge in [-0.15, -0.1) is 0 Å². The summed E-state index contributed by atoms with van der Waals surface area (Å²) in [5.74, 6) is 1.50. The van der Waals surface area contributed by atoms with Gasteiger partial charge in [-0.3, -0.25) is 0 Å². The standard InChI is InChI=1S/C20H28N2O2/c1-19(2,3)16-13-24-18(22-16)20(4,5)17-21-15(12-23-17)11-14-9-7-6-8-10-14/h6-10,15-16H,11-13H2,1-5H3/t15-,16+/m0/s1. The molecule has 0 aliphatic carbocycles. The average molecular weight is 328 g/mol. The van der Waals surface area contributed by atoms with Crippen LogP contribution in [0.25, 0.3) is 0 Å². The summed E-state index contributed by atoms with van der Waals surface area (Å²) in [5, 5.41) is 0. The lowest BCUT2D eigenvalue weighted by molar-refractivity contribution is 0.222. The maximum absolute atomic E-state index is 5.93. The molecular weight excluding hydrogens is 300 g/mol. The van der Waals surface area contributed by atoms with Crippen molar-refractivity contribution in [2.75, 3.05) is 13.2 Å². The summed E-state index contributed by atoms with van der Waals surface area (Å²) in [6.45, 7) is 12.0. The smallest absolute Gasteiger partial charge is 0.199 e. The zero-order valence-electron chi connectivity index (χ0n) is 15.4. The van der Waals surface area contributed by atoms with Crippen molar-refractivity contribution in [3.05, 3.63) is 35.9 Å². The first kappa shape index (κ1) is 17.0. The number of aliphatic imine (C=N–C) groups is 2. The first-order valence-corrected chi connectivity index (χ1v) is 8.73. The highest BCUT2D eigenvalue weighted by Crippen LogP contribution is 2.33. The maximum atomic E-state index is 5.93. The summed E-state index contributed by atoms with van der Waals surface area (Å²) < 4.78 is 11.8. The number of ether oxygens (including phenoxy) is 2. The summed E-state index contributed by atoms with van der Waals surface area (Å²) in [6, 6.07) is 10.8. The van der Waals surface area contributed by atoms with Crippen molar-refractivity contribution in [3.63, 3.8) is 0 Å². The highest BCUT2D eigenvalue weighted by atomic mass is 16.5. The van der Waals surface area contributed by atoms with Gasteiger partial charge in [0.1, 0.15) is 18.6 Å². The van der Waals surface area contributed by atoms with Gasteiger partial charge in [0.15, 0.2) is 11.8 Å². The zero-order valence-corrected chi connectivity index (χ0v) is 15.4. The monoisotopic (exact) mass is 328 g/mol. The molecule has 24 heavy (non-hydrogen) atoms. The molecule has 0 radical (unpaired) electrons. The van der Waals surface area contributed by atoms with Crippen molar-refractivity contribution in [1.82, 2.24) is 0 Å². The Labute approximate surface area is 145 Å². The Kier molecular flexibility index (Phi) is 4.41. The number of nitrogens with zero attached hydrogens (tertiary/aromatic N) is 2. The molecule has 130 valence electrons. The lowest BCUT2D eigenvalue weighted by Crippen LogP contribution is -2.34. The van der Waals surface area contributed by atoms with Crippen molar-refractivity contribution < 1.29 is 9.47 Å². The van der Waals surface area contributed by atoms with Crippen LogP contribution in [-0.4, -0.2) is 37.1 Å². The van der Waals surface area contributed by atoms with Gasteiger partial charge < -0.3 is 9.47 Å². The third-order valence-electron chi connectivity index (χ3n) is 4.75. The normalized spacial score (nSPS) is 24.2. The van der Waals surface area contributed by atoms with Gasteiger partial charge in [-0.1, -0.05) is 51.1 Å². The molecule has 1 aromatic carbocycles. The molecule has 2 heterocycles. The Morgan fingerprint density at radius 3 is 2.17 bits per heavy atom. The molecule has 0 spiro atoms. The Morgan fingerprint density at radius 2 is 1.54 bits per heavy atom. The SMILES string of the molecule is CC(C)(C1=N[C@@H](Cc2ccccc2)CO1)C1=N[C@@H](C(C)(C)C)CO1. The van der Waals surface area contributed by atoms with E-state index in [1.54, 1.807) is 0 Å². The maximum Gasteiger partial charge on any atom is 0.199 e. The quantitative estimate of drug-likeness (QED) is 0.841. The average Bonchev–Trinajstić information content (AvgIpc) is 3.17. The van der Waals surface area contributed by atoms with Crippen molar-refractivity contribution in [1.29, 1.82) is 0 Å². The fraction of sp³-hybridized carbons (Fsp3) is 0.600. The van der Waals surface area contributed by atoms with Crippen LogP contribution in [0.2, 0.25) is 0 Å². The minimum absolute atomic E-state index is 0.103. The molecule has 2 aliphatic rings. The number of hydrogen-bond donors (Lipinski definition) is 0. The van der Waals surface area contributed by atoms with Gasteiger partial charge in [0, 0.05) is 0 Å². The molecule has 2 aliphatic heterocycles. The molecule has 1 aromatic rings. The van der Waals surface area contributed by atoms with E-state index in [2.05, 4.69) is 58.9 Å². The van der Waals surface area contributed by atoms with Gasteiger partial charge in [-0.25, -0.2) is 9.98 Å². The highest BCUT2D eigenvalue weighted by Gasteiger charge is 2.43. The van der Waals surface area contributed by atoms with Crippen LogP contribution < -0.4 is 0 Å². The summed E-state index contributed by atoms with van der Waals surface area (Å²) in [6.07, 6.45) is 0.901. The Balaban J connectivity index is 1.72. The summed E-state index contributed by atoms with van der Waals surface area (Å²) in [5.41, 5.74) is 0.980. The van der Waals surface area contributed by atoms with Crippen LogP contribution in [0.3, 0.4) is 0 Å². The summed E-state index contributed by atoms with van der Waals surface area (Å²) >= 11 is 0. The van der Waals surface area contributed by atoms with E-state index in [-0.39, 0.29) is 17.5 Å². The van der Waals surface area contributed by atoms with E-state index in [9.17, 15) is 0 Å². The first-order valence-electron chi connectivity index (χ1n) is 8.73. The highest BCUT2D eigenvalue weighted by molar-refractivity contribution is 6.05. The second-order valence-corrected chi connectivity index (χ2v) is 8.34. The number of benzene rings is 1. The molecule has 0 aromatic heterocycles. The molecular formula is C20H28N2O2. The number of hydrogen-bond acceptors (Lipinski definition) is 4. The topological polar surface area (TPSA) is 43.2 Å². The number of rotatable bonds is 4. The molecule has 0 fully saturated rings. The van der Waals surface area contributed by atoms with Gasteiger partial charge in [0.05, 0.1) is 12.1 Å². The Morgan fingerprint density at radius 1 is 0.917 bits per heavy atom. The Hall–Kier alpha value is -1.84. The van der Waals surface area contributed by atoms with E-state index in [0.29, 0.717) is 13.2 Å². The van der Waals surface area contributed by atoms with Crippen LogP contribution in [0.5, 0.6) is 0 Å². The lowest BCUT2D eigenvalue weighted by atomic mass is 9.88. The van der Waals surface area contributed by atoms with Gasteiger partial charge in [-0.05, 0) is 31.2 Å². The molecule has 0 saturated heterocycles. The molecule has 0 N–H and O–H groups in total. The molecule has 2 atom stereocenters. The molecule has 3 rings (SSSR count). The fourth-order valence-corrected chi connectivity index (χ4v) is 3.00. The minimum atomic E-state index is -0.411. The van der Waals surface area contributed by atoms with Crippen LogP contribution in [0.1, 0.15) is 40.2 Å². The molecule has 0 unspecified atom stereocenters. The fourth-order valence-electron chi connectivity index (χ4n) is 3.00. The van der Waals surface area contributed by atoms with Gasteiger partial charge in [-0.2, -0.15) is 0 Å². The lowest BCUT2D eigenvalue weighted by Gasteiger charge is -2.23. The van der Waals surface area contributed by atoms with E-state index in [1.165, 1.54) is 5.56 Å². The van der Waals surface area contributed by atoms with Crippen LogP contribution in [-0.2, 0) is 15.9 Å². The summed E-state index contributed by atoms with van der Waals surface area (Å²) in [4.78, 5) is 9.64. The van der Waals surface area contributed by atoms with Crippen molar-refractivity contribution >= 4 is 11.8 Å². The van der Waals surface area contributed by atoms with E-state index in [0.717, 1.165) is 18.2 Å². The molecule has 4 nitrogen and oxygen atoms in total. The van der Waals surface area contributed by atoms with Crippen LogP contribution in [0.15, 0.2) is 40.3 Å². The Bertz CT molecular complexity index is 641. The van der Waals surface area contributed by atoms with Crippen molar-refractivity contribution in [2.45, 2.75) is 53.1 Å². The van der Waals surface area contributed by atoms with Crippen LogP contribution in [0, 0.1) is 10.8 Å². The van der Waals surface area contributed by atoms with Crippen molar-refractivity contribution in [3.8, 4) is 0 Å². The van der Waals surface area contributed by atoms with E-state index >= 15 is 0 Å². The van der Waals surface area contributed by atoms with Gasteiger partial charge in [0.25, 0.3) is 0 Å². The molecule has 0 bridgehead atoms. The second-order valence-electron chi connectivity index (χ2n) is 8.34. The molecule has 0 amide bonds. The van der Waals surface area contributed by atoms with Gasteiger partial charge >= 0.3 is 0 Å². The first-order chi connectivity index (χ1) is 11.3. The zero-order chi connectivity index (χ0) is 17.4. The predicted molar refractivity (Wildman–Crippen MR) is 97.7 cm³/mol. The van der Waals surface area contributed by atoms with Crippen molar-refractivity contribution in [2.24, 2.45) is 20.8 Å². The van der Waals surface area contributed by atoms with E-state index in [1.807, 2.05) is 6.07 Å². The molecule has 4 heteroatoms. The third kappa shape index (κ3) is 3.47. The van der Waals surface area contributed by atoms with Crippen LogP contribution in [0.4, 0.5) is 0 Å². The van der Waals surface area contributed by atoms with E-state index < -0.39 is 5.41 Å². The third-order valence-corrected chi connectivity index (χ3v) is 4.75. The predicted octanol–water partition coefficient (Wildman–Crippen LogP) is 3.90. The van der Waals surface area contributed by atoms with Gasteiger partial charge in [0.2, 0.25) is 0 Å². The summed E-state index contributed by atoms with van der Waals surface area (Å²) in [7, 11) is 0. The largest absolute Gasteiger partial charge is 0.478 e. The van der Waals surface area contributed by atoms with E-state index in [4.69, 9.17) is 19.5 Å². The van der Waals surface area contributed by atoms with Crippen LogP contribution >= 0.6 is 0 Å². The second kappa shape index (κ2) is 6.23. The minimum Gasteiger partial charge on any atom is -0.478 e. The molecule has 0 saturated carbocycles.